The Morgan fingerprint density at radius 3 is 2.22 bits per heavy atom. The standard InChI is InChI=1S/C24H17.2ClH.Zr/c1-2-7-17(8-3-1)18-13-14-20(15-18)22-11-6-12-23-21-10-5-4-9-19(21)16-24(22)23;;;/h1-13,15-16H,14H2;2*1H;/q-1;;;+3/p-2. The van der Waals surface area contributed by atoms with E-state index in [1.807, 2.05) is 0 Å². The molecule has 131 valence electrons. The zero-order valence-electron chi connectivity index (χ0n) is 14.6. The predicted molar refractivity (Wildman–Crippen MR) is 104 cm³/mol. The maximum atomic E-state index is 2.35. The number of hydrogen-bond donors (Lipinski definition) is 0. The summed E-state index contributed by atoms with van der Waals surface area (Å²) in [4.78, 5) is 0. The molecule has 0 nitrogen and oxygen atoms in total. The molecule has 0 amide bonds. The van der Waals surface area contributed by atoms with Crippen molar-refractivity contribution in [3.05, 3.63) is 102 Å². The summed E-state index contributed by atoms with van der Waals surface area (Å²) in [5, 5.41) is 5.41. The number of hydrogen-bond acceptors (Lipinski definition) is 0. The van der Waals surface area contributed by atoms with Crippen LogP contribution in [0.15, 0.2) is 91.0 Å². The van der Waals surface area contributed by atoms with Crippen LogP contribution >= 0.6 is 0 Å². The van der Waals surface area contributed by atoms with Gasteiger partial charge in [0.1, 0.15) is 0 Å². The molecular formula is C24H17Cl2Zr. The first-order chi connectivity index (χ1) is 11.9. The average molecular weight is 468 g/mol. The molecule has 1 aliphatic carbocycles. The smallest absolute Gasteiger partial charge is 1.00 e. The maximum absolute atomic E-state index is 2.35. The first-order valence-electron chi connectivity index (χ1n) is 8.44. The van der Waals surface area contributed by atoms with E-state index in [0.717, 1.165) is 6.42 Å². The molecule has 0 saturated carbocycles. The quantitative estimate of drug-likeness (QED) is 0.379. The molecule has 0 atom stereocenters. The van der Waals surface area contributed by atoms with Gasteiger partial charge in [-0.3, -0.25) is 0 Å². The van der Waals surface area contributed by atoms with Crippen molar-refractivity contribution in [3.63, 3.8) is 0 Å². The molecule has 0 aliphatic heterocycles. The Morgan fingerprint density at radius 2 is 1.41 bits per heavy atom. The number of benzene rings is 3. The normalized spacial score (nSPS) is 12.6. The number of halogens is 2. The summed E-state index contributed by atoms with van der Waals surface area (Å²) >= 11 is 0. The van der Waals surface area contributed by atoms with Gasteiger partial charge in [-0.15, -0.1) is 33.7 Å². The van der Waals surface area contributed by atoms with Gasteiger partial charge in [-0.05, 0) is 17.6 Å². The summed E-state index contributed by atoms with van der Waals surface area (Å²) in [5.74, 6) is 0. The van der Waals surface area contributed by atoms with Gasteiger partial charge in [0.2, 0.25) is 0 Å². The third kappa shape index (κ3) is 3.88. The van der Waals surface area contributed by atoms with E-state index in [-0.39, 0.29) is 51.0 Å². The molecule has 4 aromatic carbocycles. The van der Waals surface area contributed by atoms with Crippen LogP contribution in [0.4, 0.5) is 0 Å². The predicted octanol–water partition coefficient (Wildman–Crippen LogP) is 0.588. The number of rotatable bonds is 2. The van der Waals surface area contributed by atoms with E-state index < -0.39 is 0 Å². The molecule has 3 heteroatoms. The van der Waals surface area contributed by atoms with Crippen molar-refractivity contribution in [1.29, 1.82) is 0 Å². The van der Waals surface area contributed by atoms with Crippen molar-refractivity contribution >= 4 is 32.7 Å². The summed E-state index contributed by atoms with van der Waals surface area (Å²) < 4.78 is 0. The van der Waals surface area contributed by atoms with Crippen LogP contribution < -0.4 is 24.8 Å². The Hall–Kier alpha value is -1.53. The summed E-state index contributed by atoms with van der Waals surface area (Å²) in [6.07, 6.45) is 5.69. The van der Waals surface area contributed by atoms with Crippen molar-refractivity contribution in [1.82, 2.24) is 0 Å². The topological polar surface area (TPSA) is 0 Å². The minimum atomic E-state index is 0. The Morgan fingerprint density at radius 1 is 0.704 bits per heavy atom. The van der Waals surface area contributed by atoms with Gasteiger partial charge >= 0.3 is 26.2 Å². The molecule has 4 aromatic rings. The molecule has 1 radical (unpaired) electrons. The van der Waals surface area contributed by atoms with Gasteiger partial charge in [0, 0.05) is 0 Å². The zero-order valence-corrected chi connectivity index (χ0v) is 18.6. The van der Waals surface area contributed by atoms with E-state index in [9.17, 15) is 0 Å². The van der Waals surface area contributed by atoms with Crippen LogP contribution in [0.2, 0.25) is 0 Å². The van der Waals surface area contributed by atoms with Crippen LogP contribution in [0, 0.1) is 0 Å². The van der Waals surface area contributed by atoms with Gasteiger partial charge in [0.05, 0.1) is 0 Å². The van der Waals surface area contributed by atoms with Crippen LogP contribution in [-0.4, -0.2) is 0 Å². The van der Waals surface area contributed by atoms with Crippen molar-refractivity contribution in [2.75, 3.05) is 0 Å². The van der Waals surface area contributed by atoms with Gasteiger partial charge in [-0.25, -0.2) is 0 Å². The van der Waals surface area contributed by atoms with Gasteiger partial charge in [0.15, 0.2) is 0 Å². The molecular weight excluding hydrogens is 450 g/mol. The van der Waals surface area contributed by atoms with Gasteiger partial charge in [-0.1, -0.05) is 90.0 Å². The average Bonchev–Trinajstić information content (AvgIpc) is 3.27. The summed E-state index contributed by atoms with van der Waals surface area (Å²) in [6, 6.07) is 28.3. The molecule has 1 aliphatic rings. The third-order valence-corrected chi connectivity index (χ3v) is 4.98. The fraction of sp³-hybridized carbons (Fsp3) is 0.0417. The molecule has 0 N–H and O–H groups in total. The SMILES string of the molecule is C1=C(c2ccccc2)C=C(c2cccc3c2[cH-]c2ccccc23)C1.[Cl-].[Cl-].[Zr+3]. The second-order valence-corrected chi connectivity index (χ2v) is 6.40. The largest absolute Gasteiger partial charge is 3.00 e. The molecule has 27 heavy (non-hydrogen) atoms. The Labute approximate surface area is 191 Å². The summed E-state index contributed by atoms with van der Waals surface area (Å²) in [6.45, 7) is 0. The van der Waals surface area contributed by atoms with Crippen molar-refractivity contribution in [2.24, 2.45) is 0 Å². The van der Waals surface area contributed by atoms with Gasteiger partial charge in [0.25, 0.3) is 0 Å². The van der Waals surface area contributed by atoms with Gasteiger partial charge < -0.3 is 24.8 Å². The molecule has 5 rings (SSSR count). The monoisotopic (exact) mass is 465 g/mol. The molecule has 0 unspecified atom stereocenters. The zero-order chi connectivity index (χ0) is 15.9. The Balaban J connectivity index is 0.000000871. The van der Waals surface area contributed by atoms with Crippen LogP contribution in [0.1, 0.15) is 17.5 Å². The molecule has 0 saturated heterocycles. The maximum Gasteiger partial charge on any atom is 3.00 e. The fourth-order valence-corrected chi connectivity index (χ4v) is 3.80. The van der Waals surface area contributed by atoms with E-state index in [0.29, 0.717) is 0 Å². The molecule has 0 fully saturated rings. The van der Waals surface area contributed by atoms with Crippen LogP contribution in [0.25, 0.3) is 32.7 Å². The van der Waals surface area contributed by atoms with E-state index in [1.54, 1.807) is 0 Å². The molecule has 0 spiro atoms. The molecule has 0 aromatic heterocycles. The first kappa shape index (κ1) is 21.8. The van der Waals surface area contributed by atoms with Crippen LogP contribution in [0.3, 0.4) is 0 Å². The Kier molecular flexibility index (Phi) is 7.35. The van der Waals surface area contributed by atoms with E-state index >= 15 is 0 Å². The molecule has 0 bridgehead atoms. The minimum Gasteiger partial charge on any atom is -1.00 e. The van der Waals surface area contributed by atoms with Crippen LogP contribution in [-0.2, 0) is 26.2 Å². The summed E-state index contributed by atoms with van der Waals surface area (Å²) in [7, 11) is 0. The number of fused-ring (bicyclic) bond motifs is 3. The van der Waals surface area contributed by atoms with E-state index in [1.165, 1.54) is 43.8 Å². The van der Waals surface area contributed by atoms with Crippen molar-refractivity contribution < 1.29 is 51.0 Å². The Bertz CT molecular complexity index is 1120. The minimum absolute atomic E-state index is 0. The second kappa shape index (κ2) is 9.11. The van der Waals surface area contributed by atoms with Crippen molar-refractivity contribution in [2.45, 2.75) is 6.42 Å². The van der Waals surface area contributed by atoms with Crippen LogP contribution in [0.5, 0.6) is 0 Å². The molecule has 0 heterocycles. The summed E-state index contributed by atoms with van der Waals surface area (Å²) in [5.41, 5.74) is 5.41. The second-order valence-electron chi connectivity index (χ2n) is 6.40. The van der Waals surface area contributed by atoms with Crippen molar-refractivity contribution in [3.8, 4) is 0 Å². The van der Waals surface area contributed by atoms with Gasteiger partial charge in [-0.2, -0.15) is 0 Å². The fourth-order valence-electron chi connectivity index (χ4n) is 3.80. The third-order valence-electron chi connectivity index (χ3n) is 4.98. The number of allylic oxidation sites excluding steroid dienone is 4. The van der Waals surface area contributed by atoms with E-state index in [4.69, 9.17) is 0 Å². The van der Waals surface area contributed by atoms with E-state index in [2.05, 4.69) is 91.0 Å². The first-order valence-corrected chi connectivity index (χ1v) is 8.44.